The van der Waals surface area contributed by atoms with E-state index in [4.69, 9.17) is 5.73 Å². The molecule has 0 aromatic heterocycles. The van der Waals surface area contributed by atoms with Crippen molar-refractivity contribution in [3.8, 4) is 0 Å². The zero-order valence-corrected chi connectivity index (χ0v) is 12.0. The van der Waals surface area contributed by atoms with E-state index in [1.54, 1.807) is 0 Å². The van der Waals surface area contributed by atoms with Crippen LogP contribution in [0.25, 0.3) is 10.8 Å². The number of amides is 2. The third-order valence-corrected chi connectivity index (χ3v) is 3.42. The Kier molecular flexibility index (Phi) is 5.32. The van der Waals surface area contributed by atoms with E-state index in [-0.39, 0.29) is 18.7 Å². The molecule has 0 saturated heterocycles. The number of primary amides is 1. The van der Waals surface area contributed by atoms with E-state index in [0.717, 1.165) is 12.8 Å². The lowest BCUT2D eigenvalue weighted by Crippen LogP contribution is -2.26. The summed E-state index contributed by atoms with van der Waals surface area (Å²) >= 11 is 0. The lowest BCUT2D eigenvalue weighted by molar-refractivity contribution is -0.125. The monoisotopic (exact) mass is 284 g/mol. The minimum absolute atomic E-state index is 0.106. The van der Waals surface area contributed by atoms with E-state index in [2.05, 4.69) is 35.6 Å². The first-order valence-corrected chi connectivity index (χ1v) is 7.18. The van der Waals surface area contributed by atoms with E-state index in [1.807, 2.05) is 12.1 Å². The highest BCUT2D eigenvalue weighted by atomic mass is 16.2. The summed E-state index contributed by atoms with van der Waals surface area (Å²) in [5.74, 6) is -0.562. The minimum Gasteiger partial charge on any atom is -0.370 e. The quantitative estimate of drug-likeness (QED) is 0.765. The Labute approximate surface area is 124 Å². The molecule has 0 saturated carbocycles. The van der Waals surface area contributed by atoms with Crippen LogP contribution in [0.1, 0.15) is 24.8 Å². The maximum atomic E-state index is 11.5. The SMILES string of the molecule is NC(=O)CCC(=O)NCCCc1cccc2ccccc12. The number of carbonyl (C=O) groups excluding carboxylic acids is 2. The Morgan fingerprint density at radius 3 is 2.57 bits per heavy atom. The van der Waals surface area contributed by atoms with Crippen LogP contribution in [-0.4, -0.2) is 18.4 Å². The summed E-state index contributed by atoms with van der Waals surface area (Å²) in [5.41, 5.74) is 6.30. The number of hydrogen-bond donors (Lipinski definition) is 2. The normalized spacial score (nSPS) is 10.5. The topological polar surface area (TPSA) is 72.2 Å². The van der Waals surface area contributed by atoms with Crippen LogP contribution in [0.3, 0.4) is 0 Å². The van der Waals surface area contributed by atoms with Gasteiger partial charge in [-0.2, -0.15) is 0 Å². The Bertz CT molecular complexity index is 632. The average Bonchev–Trinajstić information content (AvgIpc) is 2.49. The van der Waals surface area contributed by atoms with Crippen LogP contribution in [0.5, 0.6) is 0 Å². The van der Waals surface area contributed by atoms with Crippen LogP contribution in [0, 0.1) is 0 Å². The number of carbonyl (C=O) groups is 2. The molecule has 4 nitrogen and oxygen atoms in total. The van der Waals surface area contributed by atoms with E-state index < -0.39 is 5.91 Å². The Balaban J connectivity index is 1.80. The van der Waals surface area contributed by atoms with Crippen LogP contribution < -0.4 is 11.1 Å². The smallest absolute Gasteiger partial charge is 0.220 e. The number of rotatable bonds is 7. The molecule has 3 N–H and O–H groups in total. The molecule has 21 heavy (non-hydrogen) atoms. The molecule has 2 aromatic carbocycles. The zero-order valence-electron chi connectivity index (χ0n) is 12.0. The third kappa shape index (κ3) is 4.60. The number of nitrogens with one attached hydrogen (secondary N) is 1. The van der Waals surface area contributed by atoms with Crippen molar-refractivity contribution >= 4 is 22.6 Å². The molecule has 0 fully saturated rings. The molecule has 2 rings (SSSR count). The highest BCUT2D eigenvalue weighted by Gasteiger charge is 2.04. The van der Waals surface area contributed by atoms with E-state index in [9.17, 15) is 9.59 Å². The van der Waals surface area contributed by atoms with E-state index in [1.165, 1.54) is 16.3 Å². The van der Waals surface area contributed by atoms with Gasteiger partial charge in [0.25, 0.3) is 0 Å². The average molecular weight is 284 g/mol. The summed E-state index contributed by atoms with van der Waals surface area (Å²) in [6, 6.07) is 14.6. The lowest BCUT2D eigenvalue weighted by Gasteiger charge is -2.07. The van der Waals surface area contributed by atoms with Gasteiger partial charge in [0.15, 0.2) is 0 Å². The summed E-state index contributed by atoms with van der Waals surface area (Å²) in [6.07, 6.45) is 2.06. The van der Waals surface area contributed by atoms with Gasteiger partial charge >= 0.3 is 0 Å². The van der Waals surface area contributed by atoms with Gasteiger partial charge in [-0.05, 0) is 29.2 Å². The van der Waals surface area contributed by atoms with Gasteiger partial charge in [0.05, 0.1) is 0 Å². The number of aryl methyl sites for hydroxylation is 1. The van der Waals surface area contributed by atoms with Crippen LogP contribution in [-0.2, 0) is 16.0 Å². The van der Waals surface area contributed by atoms with Crippen molar-refractivity contribution in [3.05, 3.63) is 48.0 Å². The molecule has 2 aromatic rings. The van der Waals surface area contributed by atoms with Gasteiger partial charge in [-0.3, -0.25) is 9.59 Å². The number of benzene rings is 2. The first kappa shape index (κ1) is 15.0. The van der Waals surface area contributed by atoms with Crippen LogP contribution in [0.4, 0.5) is 0 Å². The summed E-state index contributed by atoms with van der Waals surface area (Å²) in [4.78, 5) is 22.0. The van der Waals surface area contributed by atoms with Crippen LogP contribution in [0.15, 0.2) is 42.5 Å². The molecule has 2 amide bonds. The summed E-state index contributed by atoms with van der Waals surface area (Å²) in [7, 11) is 0. The third-order valence-electron chi connectivity index (χ3n) is 3.42. The van der Waals surface area contributed by atoms with Gasteiger partial charge in [0.1, 0.15) is 0 Å². The molecule has 0 radical (unpaired) electrons. The van der Waals surface area contributed by atoms with Crippen molar-refractivity contribution in [2.24, 2.45) is 5.73 Å². The molecule has 0 aliphatic heterocycles. The van der Waals surface area contributed by atoms with Crippen molar-refractivity contribution in [2.75, 3.05) is 6.54 Å². The lowest BCUT2D eigenvalue weighted by atomic mass is 10.0. The zero-order chi connectivity index (χ0) is 15.1. The van der Waals surface area contributed by atoms with E-state index >= 15 is 0 Å². The van der Waals surface area contributed by atoms with Gasteiger partial charge in [0.2, 0.25) is 11.8 Å². The molecular formula is C17H20N2O2. The summed E-state index contributed by atoms with van der Waals surface area (Å²) in [6.45, 7) is 0.612. The Morgan fingerprint density at radius 1 is 1.00 bits per heavy atom. The predicted octanol–water partition coefficient (Wildman–Crippen LogP) is 2.15. The predicted molar refractivity (Wildman–Crippen MR) is 83.7 cm³/mol. The van der Waals surface area contributed by atoms with Crippen LogP contribution >= 0.6 is 0 Å². The number of nitrogens with two attached hydrogens (primary N) is 1. The summed E-state index contributed by atoms with van der Waals surface area (Å²) in [5, 5.41) is 5.31. The standard InChI is InChI=1S/C17H20N2O2/c18-16(20)10-11-17(21)19-12-4-8-14-7-3-6-13-5-1-2-9-15(13)14/h1-3,5-7,9H,4,8,10-12H2,(H2,18,20)(H,19,21). The molecular weight excluding hydrogens is 264 g/mol. The maximum Gasteiger partial charge on any atom is 0.220 e. The van der Waals surface area contributed by atoms with Crippen molar-refractivity contribution in [1.82, 2.24) is 5.32 Å². The fourth-order valence-corrected chi connectivity index (χ4v) is 2.34. The van der Waals surface area contributed by atoms with Gasteiger partial charge in [-0.25, -0.2) is 0 Å². The number of hydrogen-bond acceptors (Lipinski definition) is 2. The second-order valence-electron chi connectivity index (χ2n) is 5.06. The van der Waals surface area contributed by atoms with Crippen molar-refractivity contribution in [1.29, 1.82) is 0 Å². The molecule has 0 atom stereocenters. The van der Waals surface area contributed by atoms with Crippen molar-refractivity contribution in [3.63, 3.8) is 0 Å². The van der Waals surface area contributed by atoms with Crippen LogP contribution in [0.2, 0.25) is 0 Å². The largest absolute Gasteiger partial charge is 0.370 e. The maximum absolute atomic E-state index is 11.5. The molecule has 0 spiro atoms. The molecule has 0 aliphatic carbocycles. The fraction of sp³-hybridized carbons (Fsp3) is 0.294. The Morgan fingerprint density at radius 2 is 1.76 bits per heavy atom. The van der Waals surface area contributed by atoms with Gasteiger partial charge in [0, 0.05) is 19.4 Å². The second-order valence-corrected chi connectivity index (χ2v) is 5.06. The second kappa shape index (κ2) is 7.43. The molecule has 110 valence electrons. The molecule has 0 unspecified atom stereocenters. The Hall–Kier alpha value is -2.36. The fourth-order valence-electron chi connectivity index (χ4n) is 2.34. The van der Waals surface area contributed by atoms with E-state index in [0.29, 0.717) is 6.54 Å². The molecule has 0 bridgehead atoms. The first-order valence-electron chi connectivity index (χ1n) is 7.18. The van der Waals surface area contributed by atoms with Gasteiger partial charge in [-0.1, -0.05) is 42.5 Å². The number of fused-ring (bicyclic) bond motifs is 1. The van der Waals surface area contributed by atoms with Crippen molar-refractivity contribution < 1.29 is 9.59 Å². The first-order chi connectivity index (χ1) is 10.2. The molecule has 0 heterocycles. The van der Waals surface area contributed by atoms with Gasteiger partial charge in [-0.15, -0.1) is 0 Å². The molecule has 0 aliphatic rings. The highest BCUT2D eigenvalue weighted by Crippen LogP contribution is 2.19. The molecule has 4 heteroatoms. The van der Waals surface area contributed by atoms with Gasteiger partial charge < -0.3 is 11.1 Å². The minimum atomic E-state index is -0.444. The van der Waals surface area contributed by atoms with Crippen molar-refractivity contribution in [2.45, 2.75) is 25.7 Å². The summed E-state index contributed by atoms with van der Waals surface area (Å²) < 4.78 is 0. The highest BCUT2D eigenvalue weighted by molar-refractivity contribution is 5.85.